The van der Waals surface area contributed by atoms with Gasteiger partial charge in [0.25, 0.3) is 5.56 Å². The van der Waals surface area contributed by atoms with Crippen LogP contribution in [0.2, 0.25) is 0 Å². The number of imide groups is 1. The van der Waals surface area contributed by atoms with Gasteiger partial charge in [0.05, 0.1) is 64.4 Å². The third-order valence-corrected chi connectivity index (χ3v) is 15.7. The Morgan fingerprint density at radius 1 is 1.01 bits per heavy atom. The minimum atomic E-state index is -4.04. The molecule has 2 aromatic heterocycles. The molecule has 1 saturated carbocycles. The van der Waals surface area contributed by atoms with Crippen LogP contribution in [0.4, 0.5) is 30.8 Å². The average molecular weight is 1000 g/mol. The maximum atomic E-state index is 15.7. The number of benzene rings is 3. The summed E-state index contributed by atoms with van der Waals surface area (Å²) >= 11 is 0. The summed E-state index contributed by atoms with van der Waals surface area (Å²) in [7, 11) is -0.921. The summed E-state index contributed by atoms with van der Waals surface area (Å²) < 4.78 is 75.6. The van der Waals surface area contributed by atoms with E-state index in [1.807, 2.05) is 24.8 Å². The van der Waals surface area contributed by atoms with Crippen molar-refractivity contribution in [2.75, 3.05) is 60.9 Å². The molecule has 0 bridgehead atoms. The van der Waals surface area contributed by atoms with Gasteiger partial charge in [-0.1, -0.05) is 13.8 Å². The second-order valence-corrected chi connectivity index (χ2v) is 20.4. The fourth-order valence-electron chi connectivity index (χ4n) is 9.96. The summed E-state index contributed by atoms with van der Waals surface area (Å²) in [5, 5.41) is 28.9. The van der Waals surface area contributed by atoms with Gasteiger partial charge >= 0.3 is 16.2 Å². The largest absolute Gasteiger partial charge is 0.453 e. The number of hydrogen-bond acceptors (Lipinski definition) is 13. The van der Waals surface area contributed by atoms with Gasteiger partial charge in [0.15, 0.2) is 17.4 Å². The molecule has 71 heavy (non-hydrogen) atoms. The molecule has 5 aliphatic rings. The Morgan fingerprint density at radius 2 is 1.75 bits per heavy atom. The maximum Gasteiger partial charge on any atom is 0.329 e. The number of nitrogens with zero attached hydrogens (tertiary/aromatic N) is 9. The first-order chi connectivity index (χ1) is 33.9. The Kier molecular flexibility index (Phi) is 13.3. The predicted octanol–water partition coefficient (Wildman–Crippen LogP) is 5.19. The third kappa shape index (κ3) is 9.60. The van der Waals surface area contributed by atoms with Crippen molar-refractivity contribution in [3.63, 3.8) is 0 Å². The number of anilines is 3. The zero-order valence-electron chi connectivity index (χ0n) is 39.8. The van der Waals surface area contributed by atoms with E-state index in [4.69, 9.17) is 9.47 Å². The molecule has 0 unspecified atom stereocenters. The quantitative estimate of drug-likeness (QED) is 0.155. The van der Waals surface area contributed by atoms with Crippen molar-refractivity contribution >= 4 is 67.1 Å². The lowest BCUT2D eigenvalue weighted by molar-refractivity contribution is -0.142. The summed E-state index contributed by atoms with van der Waals surface area (Å²) in [4.78, 5) is 61.2. The fourth-order valence-corrected chi connectivity index (χ4v) is 11.2. The van der Waals surface area contributed by atoms with Crippen LogP contribution in [0.15, 0.2) is 53.6 Å². The molecule has 1 spiro atoms. The van der Waals surface area contributed by atoms with Gasteiger partial charge in [0.1, 0.15) is 23.2 Å². The van der Waals surface area contributed by atoms with Crippen LogP contribution in [0.25, 0.3) is 21.8 Å². The summed E-state index contributed by atoms with van der Waals surface area (Å²) in [5.41, 5.74) is -1.58. The van der Waals surface area contributed by atoms with E-state index in [2.05, 4.69) is 20.1 Å². The minimum absolute atomic E-state index is 0.0229. The molecule has 23 heteroatoms. The second-order valence-electron chi connectivity index (χ2n) is 18.6. The molecular formula is C48H55F2N11O9S. The van der Waals surface area contributed by atoms with Crippen LogP contribution < -0.4 is 30.1 Å². The lowest BCUT2D eigenvalue weighted by Gasteiger charge is -2.42. The number of nitriles is 1. The monoisotopic (exact) mass is 999 g/mol. The van der Waals surface area contributed by atoms with Gasteiger partial charge in [-0.15, -0.1) is 0 Å². The summed E-state index contributed by atoms with van der Waals surface area (Å²) in [6, 6.07) is 10.2. The summed E-state index contributed by atoms with van der Waals surface area (Å²) in [6.45, 7) is 5.69. The number of nitrogens with one attached hydrogen (secondary N) is 2. The highest BCUT2D eigenvalue weighted by Crippen LogP contribution is 2.42. The number of urea groups is 1. The number of carbonyl (C=O) groups excluding carboxylic acids is 3. The van der Waals surface area contributed by atoms with Crippen LogP contribution in [0.5, 0.6) is 11.5 Å². The van der Waals surface area contributed by atoms with Gasteiger partial charge in [-0.2, -0.15) is 23.1 Å². The Morgan fingerprint density at radius 3 is 2.44 bits per heavy atom. The number of amides is 4. The van der Waals surface area contributed by atoms with E-state index in [1.165, 1.54) is 51.4 Å². The molecule has 3 N–H and O–H groups in total. The number of halogens is 2. The van der Waals surface area contributed by atoms with Crippen LogP contribution >= 0.6 is 0 Å². The number of aryl methyl sites for hydroxylation is 1. The van der Waals surface area contributed by atoms with Gasteiger partial charge < -0.3 is 24.4 Å². The summed E-state index contributed by atoms with van der Waals surface area (Å²) in [5.74, 6) is -2.26. The number of likely N-dealkylation sites (tertiary alicyclic amines) is 1. The van der Waals surface area contributed by atoms with E-state index in [0.29, 0.717) is 80.4 Å². The molecule has 4 saturated heterocycles. The Bertz CT molecular complexity index is 3160. The van der Waals surface area contributed by atoms with Gasteiger partial charge in [-0.3, -0.25) is 38.6 Å². The predicted molar refractivity (Wildman–Crippen MR) is 257 cm³/mol. The van der Waals surface area contributed by atoms with Crippen LogP contribution in [0, 0.1) is 23.0 Å². The topological polar surface area (TPSA) is 238 Å². The highest BCUT2D eigenvalue weighted by atomic mass is 32.2. The summed E-state index contributed by atoms with van der Waals surface area (Å²) in [6.07, 6.45) is 4.83. The first kappa shape index (κ1) is 49.2. The Labute approximate surface area is 407 Å². The van der Waals surface area contributed by atoms with Crippen LogP contribution in [0.1, 0.15) is 83.2 Å². The molecular weight excluding hydrogens is 945 g/mol. The van der Waals surface area contributed by atoms with E-state index in [1.54, 1.807) is 22.7 Å². The van der Waals surface area contributed by atoms with Crippen molar-refractivity contribution in [1.29, 1.82) is 5.26 Å². The van der Waals surface area contributed by atoms with Gasteiger partial charge in [-0.05, 0) is 87.4 Å². The van der Waals surface area contributed by atoms with Gasteiger partial charge in [0.2, 0.25) is 11.8 Å². The van der Waals surface area contributed by atoms with Crippen molar-refractivity contribution in [1.82, 2.24) is 33.9 Å². The maximum absolute atomic E-state index is 15.7. The van der Waals surface area contributed by atoms with E-state index in [9.17, 15) is 38.0 Å². The number of piperidine rings is 2. The van der Waals surface area contributed by atoms with Crippen LogP contribution in [0.3, 0.4) is 0 Å². The van der Waals surface area contributed by atoms with Crippen molar-refractivity contribution in [3.05, 3.63) is 76.3 Å². The molecule has 5 aromatic rings. The highest BCUT2D eigenvalue weighted by Gasteiger charge is 2.46. The minimum Gasteiger partial charge on any atom is -0.453 e. The molecule has 4 amide bonds. The lowest BCUT2D eigenvalue weighted by Crippen LogP contribution is -2.51. The third-order valence-electron chi connectivity index (χ3n) is 14.2. The van der Waals surface area contributed by atoms with E-state index < -0.39 is 50.4 Å². The SMILES string of the molecule is CC.CN(C1CC1)S(=O)(=O)Nc1ccc(F)c(Oc2ccc3ncn([C@H]4COC5(CCN(C(=O)CC6(O)CCN(c7cc8c(cc7F)c(N7CCC(=O)NC7=O)nn8C)CC6)CC5)C4)c(=O)c3c2)c1C#N. The number of ether oxygens (including phenoxy) is 2. The number of fused-ring (bicyclic) bond motifs is 2. The van der Waals surface area contributed by atoms with Crippen LogP contribution in [-0.2, 0) is 31.6 Å². The Balaban J connectivity index is 0.00000308. The Hall–Kier alpha value is -6.74. The second kappa shape index (κ2) is 19.1. The molecule has 4 aliphatic heterocycles. The molecule has 5 fully saturated rings. The molecule has 10 rings (SSSR count). The molecule has 0 radical (unpaired) electrons. The molecule has 376 valence electrons. The van der Waals surface area contributed by atoms with Crippen molar-refractivity contribution in [2.45, 2.75) is 94.9 Å². The zero-order valence-corrected chi connectivity index (χ0v) is 40.6. The zero-order chi connectivity index (χ0) is 50.6. The van der Waals surface area contributed by atoms with Gasteiger partial charge in [0, 0.05) is 64.7 Å². The number of rotatable bonds is 11. The molecule has 20 nitrogen and oxygen atoms in total. The number of aromatic nitrogens is 4. The lowest BCUT2D eigenvalue weighted by atomic mass is 9.85. The number of aliphatic hydroxyl groups is 1. The smallest absolute Gasteiger partial charge is 0.329 e. The number of carbonyl (C=O) groups is 3. The van der Waals surface area contributed by atoms with Crippen molar-refractivity contribution in [2.24, 2.45) is 7.05 Å². The molecule has 3 aromatic carbocycles. The first-order valence-corrected chi connectivity index (χ1v) is 25.2. The standard InChI is InChI=1S/C46H49F2N11O9S.C2H6/c1-54-37-21-38(34(48)20-31(37)42(52-54)58-14-9-39(60)51-44(58)63)56-15-10-45(64,11-16-56)23-40(61)57-17-12-46(13-18-57)22-28(25-67-46)59-26-50-35-7-5-29(19-30(35)43(59)62)68-41-32(24-49)36(8-6-33(41)47)53-69(65,66)55(2)27-3-4-27;1-2/h5-8,19-21,26-28,53,64H,3-4,9-18,22-23,25H2,1-2H3,(H,51,60,63);1-2H3/t28-;/m1./s1. The molecule has 1 atom stereocenters. The van der Waals surface area contributed by atoms with Crippen molar-refractivity contribution < 1.29 is 46.2 Å². The molecule has 1 aliphatic carbocycles. The normalized spacial score (nSPS) is 20.0. The molecule has 6 heterocycles. The van der Waals surface area contributed by atoms with E-state index in [-0.39, 0.29) is 90.9 Å². The van der Waals surface area contributed by atoms with Crippen molar-refractivity contribution in [3.8, 4) is 17.6 Å². The van der Waals surface area contributed by atoms with Crippen LogP contribution in [-0.4, -0.2) is 124 Å². The van der Waals surface area contributed by atoms with Gasteiger partial charge in [-0.25, -0.2) is 18.6 Å². The highest BCUT2D eigenvalue weighted by molar-refractivity contribution is 7.90. The van der Waals surface area contributed by atoms with E-state index >= 15 is 8.78 Å². The average Bonchev–Trinajstić information content (AvgIpc) is 4.05. The first-order valence-electron chi connectivity index (χ1n) is 23.8. The van der Waals surface area contributed by atoms with E-state index in [0.717, 1.165) is 12.1 Å². The fraction of sp³-hybridized carbons (Fsp3) is 0.479. The number of hydrogen-bond donors (Lipinski definition) is 3.